The first-order valence-electron chi connectivity index (χ1n) is 11.6. The molecule has 0 radical (unpaired) electrons. The van der Waals surface area contributed by atoms with Gasteiger partial charge >= 0.3 is 5.69 Å². The van der Waals surface area contributed by atoms with E-state index in [2.05, 4.69) is 20.2 Å². The zero-order chi connectivity index (χ0) is 24.7. The molecule has 0 bridgehead atoms. The van der Waals surface area contributed by atoms with Crippen molar-refractivity contribution in [1.82, 2.24) is 19.5 Å². The molecule has 1 aliphatic heterocycles. The van der Waals surface area contributed by atoms with E-state index in [-0.39, 0.29) is 22.5 Å². The fraction of sp³-hybridized carbons (Fsp3) is 0.375. The average Bonchev–Trinajstić information content (AvgIpc) is 3.27. The van der Waals surface area contributed by atoms with Crippen LogP contribution in [0.2, 0.25) is 0 Å². The van der Waals surface area contributed by atoms with Gasteiger partial charge in [0.2, 0.25) is 0 Å². The first-order chi connectivity index (χ1) is 16.9. The Bertz CT molecular complexity index is 1550. The lowest BCUT2D eigenvalue weighted by Crippen LogP contribution is -2.36. The predicted octanol–water partition coefficient (Wildman–Crippen LogP) is 2.93. The van der Waals surface area contributed by atoms with Crippen LogP contribution >= 0.6 is 11.3 Å². The van der Waals surface area contributed by atoms with E-state index in [1.807, 2.05) is 26.0 Å². The summed E-state index contributed by atoms with van der Waals surface area (Å²) in [5, 5.41) is 3.94. The molecule has 11 heteroatoms. The van der Waals surface area contributed by atoms with Gasteiger partial charge in [0.15, 0.2) is 10.8 Å². The lowest BCUT2D eigenvalue weighted by Gasteiger charge is -2.25. The number of carbonyl (C=O) groups is 1. The van der Waals surface area contributed by atoms with Crippen molar-refractivity contribution >= 4 is 49.3 Å². The molecule has 182 valence electrons. The fourth-order valence-electron chi connectivity index (χ4n) is 4.14. The number of H-pyrrole nitrogens is 1. The second-order valence-electron chi connectivity index (χ2n) is 8.68. The van der Waals surface area contributed by atoms with Crippen LogP contribution in [0.4, 0.5) is 10.8 Å². The quantitative estimate of drug-likeness (QED) is 0.437. The molecule has 35 heavy (non-hydrogen) atoms. The first-order valence-corrected chi connectivity index (χ1v) is 12.4. The molecule has 10 nitrogen and oxygen atoms in total. The molecule has 0 atom stereocenters. The number of hydrogen-bond donors (Lipinski definition) is 2. The number of pyridine rings is 1. The summed E-state index contributed by atoms with van der Waals surface area (Å²) in [6.45, 7) is 8.96. The van der Waals surface area contributed by atoms with Crippen LogP contribution in [0.5, 0.6) is 0 Å². The average molecular weight is 495 g/mol. The minimum Gasteiger partial charge on any atom is -0.378 e. The van der Waals surface area contributed by atoms with Gasteiger partial charge in [-0.1, -0.05) is 25.2 Å². The van der Waals surface area contributed by atoms with Crippen molar-refractivity contribution in [1.29, 1.82) is 0 Å². The number of carbonyl (C=O) groups excluding carboxylic acids is 1. The molecule has 4 aromatic rings. The number of benzene rings is 1. The number of anilines is 2. The maximum absolute atomic E-state index is 13.4. The van der Waals surface area contributed by atoms with Gasteiger partial charge in [0.1, 0.15) is 0 Å². The maximum Gasteiger partial charge on any atom is 0.329 e. The van der Waals surface area contributed by atoms with Gasteiger partial charge in [-0.3, -0.25) is 19.1 Å². The third-order valence-electron chi connectivity index (χ3n) is 6.04. The molecule has 1 aromatic carbocycles. The highest BCUT2D eigenvalue weighted by Crippen LogP contribution is 2.31. The Morgan fingerprint density at radius 2 is 1.97 bits per heavy atom. The number of amides is 1. The number of ether oxygens (including phenoxy) is 1. The van der Waals surface area contributed by atoms with Crippen LogP contribution in [0.1, 0.15) is 42.7 Å². The molecule has 0 aliphatic carbocycles. The Balaban J connectivity index is 1.53. The van der Waals surface area contributed by atoms with Gasteiger partial charge in [0, 0.05) is 31.0 Å². The number of nitrogens with zero attached hydrogens (tertiary/aromatic N) is 4. The monoisotopic (exact) mass is 494 g/mol. The number of fused-ring (bicyclic) bond motifs is 2. The topological polar surface area (TPSA) is 122 Å². The highest BCUT2D eigenvalue weighted by Gasteiger charge is 2.21. The van der Waals surface area contributed by atoms with Crippen molar-refractivity contribution in [2.45, 2.75) is 33.2 Å². The van der Waals surface area contributed by atoms with E-state index in [1.54, 1.807) is 30.4 Å². The van der Waals surface area contributed by atoms with Crippen molar-refractivity contribution in [3.8, 4) is 0 Å². The summed E-state index contributed by atoms with van der Waals surface area (Å²) in [7, 11) is 0. The molecule has 1 saturated heterocycles. The van der Waals surface area contributed by atoms with Crippen LogP contribution in [0.15, 0.2) is 33.9 Å². The highest BCUT2D eigenvalue weighted by atomic mass is 32.1. The van der Waals surface area contributed by atoms with E-state index in [0.717, 1.165) is 28.4 Å². The smallest absolute Gasteiger partial charge is 0.329 e. The van der Waals surface area contributed by atoms with Gasteiger partial charge in [-0.25, -0.2) is 14.8 Å². The molecule has 1 aliphatic rings. The van der Waals surface area contributed by atoms with Crippen LogP contribution in [0.3, 0.4) is 0 Å². The van der Waals surface area contributed by atoms with Crippen LogP contribution in [-0.2, 0) is 11.3 Å². The van der Waals surface area contributed by atoms with E-state index in [0.29, 0.717) is 31.1 Å². The number of hydrogen-bond acceptors (Lipinski definition) is 8. The minimum atomic E-state index is -0.629. The van der Waals surface area contributed by atoms with Crippen molar-refractivity contribution in [3.63, 3.8) is 0 Å². The van der Waals surface area contributed by atoms with Gasteiger partial charge in [0.05, 0.1) is 34.4 Å². The van der Waals surface area contributed by atoms with Gasteiger partial charge in [-0.15, -0.1) is 0 Å². The summed E-state index contributed by atoms with van der Waals surface area (Å²) < 4.78 is 7.74. The second kappa shape index (κ2) is 9.23. The van der Waals surface area contributed by atoms with Crippen LogP contribution in [0, 0.1) is 0 Å². The maximum atomic E-state index is 13.4. The fourth-order valence-corrected chi connectivity index (χ4v) is 5.20. The third kappa shape index (κ3) is 4.32. The summed E-state index contributed by atoms with van der Waals surface area (Å²) in [6, 6.07) is 7.18. The van der Waals surface area contributed by atoms with Crippen LogP contribution in [-0.4, -0.2) is 51.7 Å². The van der Waals surface area contributed by atoms with Gasteiger partial charge < -0.3 is 15.0 Å². The SMILES string of the molecule is CCn1c(=O)[nH]c(=O)c2c(C(=O)Nc3ccc4nc(N5CCOCC5)sc4c3)cc(C(C)C)nc21. The van der Waals surface area contributed by atoms with Gasteiger partial charge in [-0.05, 0) is 37.1 Å². The summed E-state index contributed by atoms with van der Waals surface area (Å²) in [6.07, 6.45) is 0. The molecular formula is C24H26N6O4S. The van der Waals surface area contributed by atoms with E-state index in [4.69, 9.17) is 9.72 Å². The number of aryl methyl sites for hydroxylation is 1. The number of nitrogens with one attached hydrogen (secondary N) is 2. The molecular weight excluding hydrogens is 468 g/mol. The number of rotatable bonds is 5. The highest BCUT2D eigenvalue weighted by molar-refractivity contribution is 7.22. The number of thiazole rings is 1. The molecule has 0 unspecified atom stereocenters. The van der Waals surface area contributed by atoms with Crippen LogP contribution < -0.4 is 21.5 Å². The molecule has 2 N–H and O–H groups in total. The first kappa shape index (κ1) is 23.2. The number of aromatic nitrogens is 4. The van der Waals surface area contributed by atoms with Crippen molar-refractivity contribution in [3.05, 3.63) is 56.4 Å². The molecule has 3 aromatic heterocycles. The number of aromatic amines is 1. The molecule has 1 fully saturated rings. The Labute approximate surface area is 204 Å². The Hall–Kier alpha value is -3.57. The van der Waals surface area contributed by atoms with E-state index < -0.39 is 17.2 Å². The van der Waals surface area contributed by atoms with Crippen molar-refractivity contribution < 1.29 is 9.53 Å². The van der Waals surface area contributed by atoms with E-state index in [9.17, 15) is 14.4 Å². The molecule has 4 heterocycles. The largest absolute Gasteiger partial charge is 0.378 e. The lowest BCUT2D eigenvalue weighted by atomic mass is 10.0. The Kier molecular flexibility index (Phi) is 6.12. The van der Waals surface area contributed by atoms with E-state index in [1.165, 1.54) is 4.57 Å². The summed E-state index contributed by atoms with van der Waals surface area (Å²) in [4.78, 5) is 52.3. The summed E-state index contributed by atoms with van der Waals surface area (Å²) in [5.41, 5.74) is 1.30. The standard InChI is InChI=1S/C24H26N6O4S/c1-4-30-20-19(22(32)28-23(30)33)15(12-17(26-20)13(2)3)21(31)25-14-5-6-16-18(11-14)35-24(27-16)29-7-9-34-10-8-29/h5-6,11-13H,4,7-10H2,1-3H3,(H,25,31)(H,28,32,33). The zero-order valence-corrected chi connectivity index (χ0v) is 20.6. The normalized spacial score (nSPS) is 14.2. The predicted molar refractivity (Wildman–Crippen MR) is 137 cm³/mol. The van der Waals surface area contributed by atoms with Gasteiger partial charge in [-0.2, -0.15) is 0 Å². The molecule has 0 saturated carbocycles. The Morgan fingerprint density at radius 3 is 2.69 bits per heavy atom. The number of morpholine rings is 1. The van der Waals surface area contributed by atoms with E-state index >= 15 is 0 Å². The second-order valence-corrected chi connectivity index (χ2v) is 9.69. The molecule has 0 spiro atoms. The van der Waals surface area contributed by atoms with Crippen LogP contribution in [0.25, 0.3) is 21.3 Å². The van der Waals surface area contributed by atoms with Crippen molar-refractivity contribution in [2.24, 2.45) is 0 Å². The van der Waals surface area contributed by atoms with Gasteiger partial charge in [0.25, 0.3) is 11.5 Å². The minimum absolute atomic E-state index is 0.00204. The zero-order valence-electron chi connectivity index (χ0n) is 19.8. The summed E-state index contributed by atoms with van der Waals surface area (Å²) >= 11 is 1.56. The summed E-state index contributed by atoms with van der Waals surface area (Å²) in [5.74, 6) is -0.443. The molecule has 1 amide bonds. The third-order valence-corrected chi connectivity index (χ3v) is 7.12. The molecule has 5 rings (SSSR count). The lowest BCUT2D eigenvalue weighted by molar-refractivity contribution is 0.102. The van der Waals surface area contributed by atoms with Crippen molar-refractivity contribution in [2.75, 3.05) is 36.5 Å². The Morgan fingerprint density at radius 1 is 1.20 bits per heavy atom.